The molecule has 0 saturated carbocycles. The number of aromatic nitrogens is 1. The van der Waals surface area contributed by atoms with Gasteiger partial charge in [-0.25, -0.2) is 9.78 Å². The number of esters is 1. The van der Waals surface area contributed by atoms with Crippen molar-refractivity contribution in [3.05, 3.63) is 51.6 Å². The van der Waals surface area contributed by atoms with Crippen molar-refractivity contribution in [2.24, 2.45) is 0 Å². The molecule has 0 atom stereocenters. The zero-order valence-corrected chi connectivity index (χ0v) is 16.3. The topological polar surface area (TPSA) is 77.5 Å². The maximum absolute atomic E-state index is 12.4. The second-order valence-corrected chi connectivity index (χ2v) is 7.23. The fourth-order valence-corrected chi connectivity index (χ4v) is 2.96. The van der Waals surface area contributed by atoms with Crippen molar-refractivity contribution in [3.63, 3.8) is 0 Å². The van der Waals surface area contributed by atoms with Crippen LogP contribution in [0.25, 0.3) is 11.6 Å². The zero-order chi connectivity index (χ0) is 19.8. The summed E-state index contributed by atoms with van der Waals surface area (Å²) in [6.07, 6.45) is 3.01. The number of methoxy groups -OCH3 is 1. The van der Waals surface area contributed by atoms with E-state index in [9.17, 15) is 9.59 Å². The summed E-state index contributed by atoms with van der Waals surface area (Å²) in [6.45, 7) is 3.12. The number of nitrogens with one attached hydrogen (secondary N) is 1. The standard InChI is InChI=1S/C19H16Cl2N2O4/c1-19(2,18(25)26-3)27-17-10(6-12(21)9-22-17)7-14-13-5-4-11(20)8-15(13)23-16(14)24/h4-9H,1-3H3,(H,23,24). The largest absolute Gasteiger partial charge is 0.466 e. The van der Waals surface area contributed by atoms with Crippen molar-refractivity contribution in [3.8, 4) is 5.88 Å². The van der Waals surface area contributed by atoms with Crippen LogP contribution in [-0.4, -0.2) is 29.6 Å². The fourth-order valence-electron chi connectivity index (χ4n) is 2.63. The first-order valence-electron chi connectivity index (χ1n) is 7.97. The third-order valence-electron chi connectivity index (χ3n) is 3.94. The lowest BCUT2D eigenvalue weighted by Gasteiger charge is -2.23. The van der Waals surface area contributed by atoms with Crippen molar-refractivity contribution < 1.29 is 19.1 Å². The predicted octanol–water partition coefficient (Wildman–Crippen LogP) is 4.21. The molecule has 1 aromatic carbocycles. The number of carbonyl (C=O) groups excluding carboxylic acids is 2. The molecule has 0 unspecified atom stereocenters. The lowest BCUT2D eigenvalue weighted by atomic mass is 10.0. The quantitative estimate of drug-likeness (QED) is 0.607. The van der Waals surface area contributed by atoms with Crippen LogP contribution >= 0.6 is 23.2 Å². The molecule has 1 aliphatic rings. The lowest BCUT2D eigenvalue weighted by Crippen LogP contribution is -2.39. The minimum atomic E-state index is -1.27. The van der Waals surface area contributed by atoms with E-state index in [1.807, 2.05) is 0 Å². The number of nitrogens with zero attached hydrogens (tertiary/aromatic N) is 1. The number of fused-ring (bicyclic) bond motifs is 1. The number of rotatable bonds is 4. The van der Waals surface area contributed by atoms with Gasteiger partial charge in [-0.2, -0.15) is 0 Å². The summed E-state index contributed by atoms with van der Waals surface area (Å²) in [5.74, 6) is -0.695. The molecule has 140 valence electrons. The molecule has 1 N–H and O–H groups in total. The third kappa shape index (κ3) is 3.91. The first-order valence-corrected chi connectivity index (χ1v) is 8.73. The van der Waals surface area contributed by atoms with Crippen LogP contribution in [0.5, 0.6) is 5.88 Å². The maximum Gasteiger partial charge on any atom is 0.349 e. The Morgan fingerprint density at radius 3 is 2.67 bits per heavy atom. The monoisotopic (exact) mass is 406 g/mol. The van der Waals surface area contributed by atoms with Gasteiger partial charge in [0, 0.05) is 27.9 Å². The average Bonchev–Trinajstić information content (AvgIpc) is 2.91. The van der Waals surface area contributed by atoms with E-state index < -0.39 is 11.6 Å². The summed E-state index contributed by atoms with van der Waals surface area (Å²) in [5, 5.41) is 3.64. The second-order valence-electron chi connectivity index (χ2n) is 6.35. The number of halogens is 2. The summed E-state index contributed by atoms with van der Waals surface area (Å²) >= 11 is 12.0. The second kappa shape index (κ2) is 7.21. The number of anilines is 1. The molecular weight excluding hydrogens is 391 g/mol. The van der Waals surface area contributed by atoms with Crippen molar-refractivity contribution in [2.75, 3.05) is 12.4 Å². The van der Waals surface area contributed by atoms with E-state index in [4.69, 9.17) is 32.7 Å². The highest BCUT2D eigenvalue weighted by Crippen LogP contribution is 2.36. The van der Waals surface area contributed by atoms with Crippen molar-refractivity contribution >= 4 is 52.4 Å². The number of pyridine rings is 1. The van der Waals surface area contributed by atoms with Crippen LogP contribution in [0, 0.1) is 0 Å². The van der Waals surface area contributed by atoms with Gasteiger partial charge < -0.3 is 14.8 Å². The number of benzene rings is 1. The minimum absolute atomic E-state index is 0.150. The number of amides is 1. The van der Waals surface area contributed by atoms with Gasteiger partial charge in [-0.3, -0.25) is 4.79 Å². The van der Waals surface area contributed by atoms with Crippen LogP contribution in [0.2, 0.25) is 10.0 Å². The van der Waals surface area contributed by atoms with Crippen LogP contribution in [0.15, 0.2) is 30.5 Å². The SMILES string of the molecule is COC(=O)C(C)(C)Oc1ncc(Cl)cc1C=C1C(=O)Nc2cc(Cl)ccc21. The minimum Gasteiger partial charge on any atom is -0.466 e. The molecule has 0 spiro atoms. The summed E-state index contributed by atoms with van der Waals surface area (Å²) in [5.41, 5.74) is 0.902. The van der Waals surface area contributed by atoms with Crippen molar-refractivity contribution in [1.29, 1.82) is 0 Å². The van der Waals surface area contributed by atoms with Gasteiger partial charge in [0.1, 0.15) is 0 Å². The van der Waals surface area contributed by atoms with E-state index in [-0.39, 0.29) is 11.8 Å². The highest BCUT2D eigenvalue weighted by molar-refractivity contribution is 6.37. The summed E-state index contributed by atoms with van der Waals surface area (Å²) in [7, 11) is 1.27. The van der Waals surface area contributed by atoms with Gasteiger partial charge in [-0.1, -0.05) is 29.3 Å². The van der Waals surface area contributed by atoms with Gasteiger partial charge in [0.15, 0.2) is 0 Å². The normalized spacial score (nSPS) is 14.7. The van der Waals surface area contributed by atoms with E-state index in [1.165, 1.54) is 13.3 Å². The Morgan fingerprint density at radius 2 is 1.96 bits per heavy atom. The third-order valence-corrected chi connectivity index (χ3v) is 4.38. The lowest BCUT2D eigenvalue weighted by molar-refractivity contribution is -0.156. The van der Waals surface area contributed by atoms with E-state index in [2.05, 4.69) is 10.3 Å². The van der Waals surface area contributed by atoms with Crippen LogP contribution in [0.4, 0.5) is 5.69 Å². The fraction of sp³-hybridized carbons (Fsp3) is 0.211. The predicted molar refractivity (Wildman–Crippen MR) is 104 cm³/mol. The molecule has 3 rings (SSSR count). The number of ether oxygens (including phenoxy) is 2. The first kappa shape index (κ1) is 19.2. The van der Waals surface area contributed by atoms with Crippen molar-refractivity contribution in [2.45, 2.75) is 19.4 Å². The average molecular weight is 407 g/mol. The van der Waals surface area contributed by atoms with Gasteiger partial charge in [0.05, 0.1) is 17.8 Å². The molecule has 6 nitrogen and oxygen atoms in total. The molecule has 0 radical (unpaired) electrons. The Morgan fingerprint density at radius 1 is 1.22 bits per heavy atom. The van der Waals surface area contributed by atoms with Crippen LogP contribution < -0.4 is 10.1 Å². The van der Waals surface area contributed by atoms with E-state index >= 15 is 0 Å². The molecule has 2 heterocycles. The molecule has 2 aromatic rings. The van der Waals surface area contributed by atoms with Crippen LogP contribution in [0.3, 0.4) is 0 Å². The highest BCUT2D eigenvalue weighted by atomic mass is 35.5. The Kier molecular flexibility index (Phi) is 5.13. The maximum atomic E-state index is 12.4. The Labute approximate surface area is 166 Å². The van der Waals surface area contributed by atoms with Crippen LogP contribution in [0.1, 0.15) is 25.0 Å². The van der Waals surface area contributed by atoms with E-state index in [0.717, 1.165) is 0 Å². The number of hydrogen-bond acceptors (Lipinski definition) is 5. The molecule has 0 saturated heterocycles. The molecule has 8 heteroatoms. The smallest absolute Gasteiger partial charge is 0.349 e. The van der Waals surface area contributed by atoms with Gasteiger partial charge in [-0.15, -0.1) is 0 Å². The molecule has 1 amide bonds. The summed E-state index contributed by atoms with van der Waals surface area (Å²) in [4.78, 5) is 28.5. The molecule has 0 fully saturated rings. The Balaban J connectivity index is 2.06. The van der Waals surface area contributed by atoms with Gasteiger partial charge in [0.2, 0.25) is 11.5 Å². The van der Waals surface area contributed by atoms with Crippen LogP contribution in [-0.2, 0) is 14.3 Å². The number of hydrogen-bond donors (Lipinski definition) is 1. The van der Waals surface area contributed by atoms with Gasteiger partial charge in [0.25, 0.3) is 5.91 Å². The zero-order valence-electron chi connectivity index (χ0n) is 14.8. The molecule has 0 bridgehead atoms. The molecule has 27 heavy (non-hydrogen) atoms. The Hall–Kier alpha value is -2.57. The summed E-state index contributed by atoms with van der Waals surface area (Å²) in [6, 6.07) is 6.72. The van der Waals surface area contributed by atoms with E-state index in [0.29, 0.717) is 32.4 Å². The highest BCUT2D eigenvalue weighted by Gasteiger charge is 2.33. The first-order chi connectivity index (χ1) is 12.7. The van der Waals surface area contributed by atoms with Gasteiger partial charge >= 0.3 is 5.97 Å². The van der Waals surface area contributed by atoms with Gasteiger partial charge in [-0.05, 0) is 38.1 Å². The summed E-state index contributed by atoms with van der Waals surface area (Å²) < 4.78 is 10.5. The Bertz CT molecular complexity index is 970. The van der Waals surface area contributed by atoms with Crippen molar-refractivity contribution in [1.82, 2.24) is 4.98 Å². The molecular formula is C19H16Cl2N2O4. The molecule has 1 aromatic heterocycles. The van der Waals surface area contributed by atoms with E-state index in [1.54, 1.807) is 44.2 Å². The molecule has 0 aliphatic carbocycles. The molecule has 1 aliphatic heterocycles. The number of carbonyl (C=O) groups is 2.